The Hall–Kier alpha value is -3.99. The first-order valence-corrected chi connectivity index (χ1v) is 9.00. The van der Waals surface area contributed by atoms with Crippen molar-refractivity contribution in [3.8, 4) is 11.1 Å². The monoisotopic (exact) mass is 384 g/mol. The Kier molecular flexibility index (Phi) is 5.03. The highest BCUT2D eigenvalue weighted by Crippen LogP contribution is 2.19. The van der Waals surface area contributed by atoms with Crippen molar-refractivity contribution in [2.45, 2.75) is 0 Å². The zero-order valence-corrected chi connectivity index (χ0v) is 15.3. The van der Waals surface area contributed by atoms with Crippen LogP contribution in [0, 0.1) is 0 Å². The van der Waals surface area contributed by atoms with E-state index in [9.17, 15) is 14.4 Å². The number of esters is 1. The zero-order valence-electron chi connectivity index (χ0n) is 15.3. The van der Waals surface area contributed by atoms with E-state index in [1.54, 1.807) is 36.4 Å². The van der Waals surface area contributed by atoms with Gasteiger partial charge in [-0.05, 0) is 23.3 Å². The van der Waals surface area contributed by atoms with Crippen LogP contribution in [0.5, 0.6) is 0 Å². The van der Waals surface area contributed by atoms with Crippen LogP contribution in [0.3, 0.4) is 0 Å². The summed E-state index contributed by atoms with van der Waals surface area (Å²) < 4.78 is 10.2. The molecule has 0 atom stereocenters. The zero-order chi connectivity index (χ0) is 20.2. The normalized spacial score (nSPS) is 10.6. The van der Waals surface area contributed by atoms with Crippen molar-refractivity contribution < 1.29 is 18.7 Å². The molecule has 0 N–H and O–H groups in total. The second-order valence-corrected chi connectivity index (χ2v) is 6.43. The standard InChI is InChI=1S/C24H16O5/c25-21(18-12-10-17(11-13-18)16-6-2-1-3-7-16)15-28-23(26)20-14-19-8-4-5-9-22(19)29-24(20)27/h1-14H,15H2. The Balaban J connectivity index is 1.45. The van der Waals surface area contributed by atoms with Gasteiger partial charge in [-0.3, -0.25) is 4.79 Å². The fraction of sp³-hybridized carbons (Fsp3) is 0.0417. The SMILES string of the molecule is O=C(COC(=O)c1cc2ccccc2oc1=O)c1ccc(-c2ccccc2)cc1. The molecule has 5 nitrogen and oxygen atoms in total. The lowest BCUT2D eigenvalue weighted by atomic mass is 10.0. The fourth-order valence-electron chi connectivity index (χ4n) is 2.98. The van der Waals surface area contributed by atoms with Crippen LogP contribution >= 0.6 is 0 Å². The molecule has 142 valence electrons. The Bertz CT molecular complexity index is 1240. The molecule has 0 unspecified atom stereocenters. The second kappa shape index (κ2) is 7.94. The van der Waals surface area contributed by atoms with Crippen LogP contribution in [0.1, 0.15) is 20.7 Å². The van der Waals surface area contributed by atoms with Gasteiger partial charge in [-0.1, -0.05) is 72.8 Å². The minimum Gasteiger partial charge on any atom is -0.453 e. The van der Waals surface area contributed by atoms with E-state index in [4.69, 9.17) is 9.15 Å². The minimum absolute atomic E-state index is 0.240. The molecule has 0 radical (unpaired) electrons. The Morgan fingerprint density at radius 2 is 1.45 bits per heavy atom. The molecule has 5 heteroatoms. The predicted molar refractivity (Wildman–Crippen MR) is 109 cm³/mol. The maximum absolute atomic E-state index is 12.3. The number of Topliss-reactive ketones (excluding diaryl/α,β-unsaturated/α-hetero) is 1. The molecular weight excluding hydrogens is 368 g/mol. The van der Waals surface area contributed by atoms with E-state index in [0.717, 1.165) is 11.1 Å². The summed E-state index contributed by atoms with van der Waals surface area (Å²) in [6, 6.07) is 25.1. The number of ketones is 1. The molecule has 0 amide bonds. The van der Waals surface area contributed by atoms with Crippen LogP contribution in [0.25, 0.3) is 22.1 Å². The van der Waals surface area contributed by atoms with Crippen molar-refractivity contribution in [1.29, 1.82) is 0 Å². The minimum atomic E-state index is -0.890. The lowest BCUT2D eigenvalue weighted by Crippen LogP contribution is -2.20. The van der Waals surface area contributed by atoms with Gasteiger partial charge in [0.05, 0.1) is 0 Å². The summed E-state index contributed by atoms with van der Waals surface area (Å²) in [6.07, 6.45) is 0. The third-order valence-corrected chi connectivity index (χ3v) is 4.51. The molecule has 1 aromatic heterocycles. The number of fused-ring (bicyclic) bond motifs is 1. The van der Waals surface area contributed by atoms with Gasteiger partial charge in [-0.15, -0.1) is 0 Å². The number of rotatable bonds is 5. The van der Waals surface area contributed by atoms with Gasteiger partial charge >= 0.3 is 11.6 Å². The summed E-state index contributed by atoms with van der Waals surface area (Å²) in [7, 11) is 0. The molecule has 29 heavy (non-hydrogen) atoms. The lowest BCUT2D eigenvalue weighted by Gasteiger charge is -2.06. The highest BCUT2D eigenvalue weighted by molar-refractivity contribution is 6.00. The first-order chi connectivity index (χ1) is 14.1. The third-order valence-electron chi connectivity index (χ3n) is 4.51. The molecule has 4 rings (SSSR count). The van der Waals surface area contributed by atoms with Crippen LogP contribution in [-0.2, 0) is 4.74 Å². The molecule has 0 saturated heterocycles. The van der Waals surface area contributed by atoms with Crippen molar-refractivity contribution in [2.24, 2.45) is 0 Å². The van der Waals surface area contributed by atoms with Gasteiger partial charge in [0.2, 0.25) is 0 Å². The Morgan fingerprint density at radius 1 is 0.793 bits per heavy atom. The molecule has 3 aromatic carbocycles. The third kappa shape index (κ3) is 3.99. The average Bonchev–Trinajstić information content (AvgIpc) is 2.77. The molecule has 0 spiro atoms. The van der Waals surface area contributed by atoms with E-state index in [2.05, 4.69) is 0 Å². The van der Waals surface area contributed by atoms with Crippen molar-refractivity contribution in [3.63, 3.8) is 0 Å². The van der Waals surface area contributed by atoms with E-state index in [1.165, 1.54) is 6.07 Å². The van der Waals surface area contributed by atoms with Gasteiger partial charge in [0.1, 0.15) is 11.1 Å². The highest BCUT2D eigenvalue weighted by Gasteiger charge is 2.17. The molecule has 0 aliphatic rings. The maximum atomic E-state index is 12.3. The number of ether oxygens (including phenoxy) is 1. The smallest absolute Gasteiger partial charge is 0.351 e. The number of para-hydroxylation sites is 1. The van der Waals surface area contributed by atoms with Crippen molar-refractivity contribution >= 4 is 22.7 Å². The van der Waals surface area contributed by atoms with Crippen molar-refractivity contribution in [1.82, 2.24) is 0 Å². The average molecular weight is 384 g/mol. The molecule has 0 saturated carbocycles. The number of benzene rings is 3. The van der Waals surface area contributed by atoms with E-state index in [0.29, 0.717) is 16.5 Å². The molecule has 0 aliphatic heterocycles. The molecular formula is C24H16O5. The van der Waals surface area contributed by atoms with E-state index < -0.39 is 18.2 Å². The molecule has 0 fully saturated rings. The first-order valence-electron chi connectivity index (χ1n) is 9.00. The van der Waals surface area contributed by atoms with E-state index >= 15 is 0 Å². The number of hydrogen-bond donors (Lipinski definition) is 0. The summed E-state index contributed by atoms with van der Waals surface area (Å²) in [5.74, 6) is -1.25. The van der Waals surface area contributed by atoms with Crippen LogP contribution in [0.2, 0.25) is 0 Å². The summed E-state index contributed by atoms with van der Waals surface area (Å²) in [5, 5.41) is 0.599. The van der Waals surface area contributed by atoms with Gasteiger partial charge in [0.15, 0.2) is 12.4 Å². The maximum Gasteiger partial charge on any atom is 0.351 e. The summed E-state index contributed by atoms with van der Waals surface area (Å²) >= 11 is 0. The molecule has 4 aromatic rings. The topological polar surface area (TPSA) is 73.6 Å². The van der Waals surface area contributed by atoms with Crippen molar-refractivity contribution in [3.05, 3.63) is 106 Å². The second-order valence-electron chi connectivity index (χ2n) is 6.43. The van der Waals surface area contributed by atoms with Crippen LogP contribution in [0.15, 0.2) is 94.1 Å². The summed E-state index contributed by atoms with van der Waals surface area (Å²) in [4.78, 5) is 36.6. The van der Waals surface area contributed by atoms with Crippen LogP contribution in [0.4, 0.5) is 0 Å². The quantitative estimate of drug-likeness (QED) is 0.288. The molecule has 0 aliphatic carbocycles. The lowest BCUT2D eigenvalue weighted by molar-refractivity contribution is 0.0471. The fourth-order valence-corrected chi connectivity index (χ4v) is 2.98. The predicted octanol–water partition coefficient (Wildman–Crippen LogP) is 4.50. The molecule has 1 heterocycles. The number of carbonyl (C=O) groups excluding carboxylic acids is 2. The number of carbonyl (C=O) groups is 2. The van der Waals surface area contributed by atoms with Gasteiger partial charge in [-0.2, -0.15) is 0 Å². The van der Waals surface area contributed by atoms with Crippen LogP contribution < -0.4 is 5.63 Å². The van der Waals surface area contributed by atoms with Gasteiger partial charge in [0.25, 0.3) is 0 Å². The van der Waals surface area contributed by atoms with Gasteiger partial charge in [-0.25, -0.2) is 9.59 Å². The largest absolute Gasteiger partial charge is 0.453 e. The van der Waals surface area contributed by atoms with E-state index in [-0.39, 0.29) is 11.3 Å². The first kappa shape index (κ1) is 18.4. The highest BCUT2D eigenvalue weighted by atomic mass is 16.5. The Morgan fingerprint density at radius 3 is 2.21 bits per heavy atom. The van der Waals surface area contributed by atoms with Crippen LogP contribution in [-0.4, -0.2) is 18.4 Å². The van der Waals surface area contributed by atoms with E-state index in [1.807, 2.05) is 42.5 Å². The molecule has 0 bridgehead atoms. The van der Waals surface area contributed by atoms with Crippen molar-refractivity contribution in [2.75, 3.05) is 6.61 Å². The van der Waals surface area contributed by atoms with Gasteiger partial charge < -0.3 is 9.15 Å². The number of hydrogen-bond acceptors (Lipinski definition) is 5. The Labute approximate surface area is 166 Å². The van der Waals surface area contributed by atoms with Gasteiger partial charge in [0, 0.05) is 10.9 Å². The summed E-state index contributed by atoms with van der Waals surface area (Å²) in [6.45, 7) is -0.463. The summed E-state index contributed by atoms with van der Waals surface area (Å²) in [5.41, 5.74) is 1.78.